The molecule has 0 saturated carbocycles. The van der Waals surface area contributed by atoms with Crippen LogP contribution in [0.3, 0.4) is 0 Å². The average Bonchev–Trinajstić information content (AvgIpc) is 2.74. The van der Waals surface area contributed by atoms with Gasteiger partial charge < -0.3 is 10.2 Å². The van der Waals surface area contributed by atoms with Crippen molar-refractivity contribution in [3.8, 4) is 0 Å². The van der Waals surface area contributed by atoms with E-state index in [-0.39, 0.29) is 12.5 Å². The molecule has 0 aliphatic rings. The average molecular weight is 474 g/mol. The van der Waals surface area contributed by atoms with Crippen LogP contribution < -0.4 is 9.62 Å². The summed E-state index contributed by atoms with van der Waals surface area (Å²) in [5.41, 5.74) is 4.29. The zero-order valence-electron chi connectivity index (χ0n) is 20.4. The summed E-state index contributed by atoms with van der Waals surface area (Å²) in [5.74, 6) is -0.714. The van der Waals surface area contributed by atoms with Crippen LogP contribution in [-0.4, -0.2) is 50.5 Å². The van der Waals surface area contributed by atoms with Gasteiger partial charge in [-0.1, -0.05) is 42.8 Å². The third kappa shape index (κ3) is 7.32. The minimum atomic E-state index is -3.73. The van der Waals surface area contributed by atoms with Crippen LogP contribution in [-0.2, 0) is 26.2 Å². The van der Waals surface area contributed by atoms with Crippen LogP contribution in [0.25, 0.3) is 0 Å². The molecule has 0 heterocycles. The van der Waals surface area contributed by atoms with Gasteiger partial charge in [-0.3, -0.25) is 13.9 Å². The number of sulfonamides is 1. The number of benzene rings is 2. The quantitative estimate of drug-likeness (QED) is 0.574. The number of carbonyl (C=O) groups is 2. The number of hydrogen-bond acceptors (Lipinski definition) is 4. The summed E-state index contributed by atoms with van der Waals surface area (Å²) in [6, 6.07) is 12.2. The number of carbonyl (C=O) groups excluding carboxylic acids is 2. The van der Waals surface area contributed by atoms with Crippen LogP contribution in [0, 0.1) is 20.8 Å². The number of amides is 2. The molecule has 2 amide bonds. The van der Waals surface area contributed by atoms with Crippen molar-refractivity contribution in [1.82, 2.24) is 10.2 Å². The summed E-state index contributed by atoms with van der Waals surface area (Å²) in [6.07, 6.45) is 1.86. The highest BCUT2D eigenvalue weighted by Crippen LogP contribution is 2.22. The van der Waals surface area contributed by atoms with Crippen LogP contribution in [0.2, 0.25) is 0 Å². The van der Waals surface area contributed by atoms with Crippen molar-refractivity contribution in [3.05, 3.63) is 64.7 Å². The topological polar surface area (TPSA) is 86.8 Å². The van der Waals surface area contributed by atoms with Gasteiger partial charge in [-0.25, -0.2) is 8.42 Å². The van der Waals surface area contributed by atoms with E-state index in [9.17, 15) is 18.0 Å². The van der Waals surface area contributed by atoms with E-state index < -0.39 is 28.5 Å². The van der Waals surface area contributed by atoms with Crippen molar-refractivity contribution in [1.29, 1.82) is 0 Å². The first-order chi connectivity index (χ1) is 15.4. The maximum Gasteiger partial charge on any atom is 0.244 e. The van der Waals surface area contributed by atoms with Gasteiger partial charge in [0.1, 0.15) is 12.6 Å². The highest BCUT2D eigenvalue weighted by atomic mass is 32.2. The van der Waals surface area contributed by atoms with Crippen LogP contribution >= 0.6 is 0 Å². The second-order valence-corrected chi connectivity index (χ2v) is 10.4. The Morgan fingerprint density at radius 3 is 2.30 bits per heavy atom. The second-order valence-electron chi connectivity index (χ2n) is 8.52. The van der Waals surface area contributed by atoms with Crippen molar-refractivity contribution in [2.45, 2.75) is 53.6 Å². The van der Waals surface area contributed by atoms with Crippen molar-refractivity contribution < 1.29 is 18.0 Å². The molecule has 0 saturated heterocycles. The number of hydrogen-bond donors (Lipinski definition) is 1. The smallest absolute Gasteiger partial charge is 0.244 e. The largest absolute Gasteiger partial charge is 0.354 e. The van der Waals surface area contributed by atoms with E-state index >= 15 is 0 Å². The minimum Gasteiger partial charge on any atom is -0.354 e. The summed E-state index contributed by atoms with van der Waals surface area (Å²) in [7, 11) is -3.73. The summed E-state index contributed by atoms with van der Waals surface area (Å²) in [4.78, 5) is 27.6. The third-order valence-corrected chi connectivity index (χ3v) is 6.75. The molecule has 2 aromatic rings. The summed E-state index contributed by atoms with van der Waals surface area (Å²) in [6.45, 7) is 9.73. The normalized spacial score (nSPS) is 12.2. The Morgan fingerprint density at radius 2 is 1.73 bits per heavy atom. The second kappa shape index (κ2) is 11.3. The summed E-state index contributed by atoms with van der Waals surface area (Å²) < 4.78 is 26.3. The number of nitrogens with zero attached hydrogens (tertiary/aromatic N) is 2. The van der Waals surface area contributed by atoms with Crippen LogP contribution in [0.4, 0.5) is 5.69 Å². The lowest BCUT2D eigenvalue weighted by Gasteiger charge is -2.31. The van der Waals surface area contributed by atoms with Gasteiger partial charge in [0, 0.05) is 13.1 Å². The molecule has 0 unspecified atom stereocenters. The number of aryl methyl sites for hydroxylation is 3. The molecule has 33 heavy (non-hydrogen) atoms. The fraction of sp³-hybridized carbons (Fsp3) is 0.440. The fourth-order valence-corrected chi connectivity index (χ4v) is 4.32. The molecule has 0 fully saturated rings. The molecule has 0 aliphatic carbocycles. The molecule has 8 heteroatoms. The molecule has 180 valence electrons. The SMILES string of the molecule is CCCNC(=O)[C@@H](C)N(Cc1cccc(C)c1)C(=O)CN(c1ccc(C)c(C)c1)S(C)(=O)=O. The molecule has 0 aliphatic heterocycles. The predicted octanol–water partition coefficient (Wildman–Crippen LogP) is 3.32. The summed E-state index contributed by atoms with van der Waals surface area (Å²) in [5, 5.41) is 2.83. The van der Waals surface area contributed by atoms with E-state index in [0.29, 0.717) is 12.2 Å². The number of anilines is 1. The monoisotopic (exact) mass is 473 g/mol. The van der Waals surface area contributed by atoms with Crippen molar-refractivity contribution in [2.24, 2.45) is 0 Å². The van der Waals surface area contributed by atoms with E-state index in [2.05, 4.69) is 5.32 Å². The molecule has 2 rings (SSSR count). The predicted molar refractivity (Wildman–Crippen MR) is 133 cm³/mol. The molecule has 1 atom stereocenters. The molecular weight excluding hydrogens is 438 g/mol. The first-order valence-corrected chi connectivity index (χ1v) is 13.0. The molecule has 1 N–H and O–H groups in total. The Hall–Kier alpha value is -2.87. The Balaban J connectivity index is 2.39. The molecule has 0 bridgehead atoms. The maximum atomic E-state index is 13.5. The van der Waals surface area contributed by atoms with Gasteiger partial charge in [0.15, 0.2) is 0 Å². The fourth-order valence-electron chi connectivity index (χ4n) is 3.48. The standard InChI is InChI=1S/C25H35N3O4S/c1-7-13-26-25(30)21(5)27(16-22-10-8-9-18(2)14-22)24(29)17-28(33(6,31)32)23-12-11-19(3)20(4)15-23/h8-12,14-15,21H,7,13,16-17H2,1-6H3,(H,26,30)/t21-/m1/s1. The Kier molecular flexibility index (Phi) is 9.05. The van der Waals surface area contributed by atoms with Crippen molar-refractivity contribution in [2.75, 3.05) is 23.7 Å². The van der Waals surface area contributed by atoms with Gasteiger partial charge in [-0.05, 0) is 62.9 Å². The first kappa shape index (κ1) is 26.4. The number of nitrogens with one attached hydrogen (secondary N) is 1. The Bertz CT molecular complexity index is 1100. The summed E-state index contributed by atoms with van der Waals surface area (Å²) >= 11 is 0. The third-order valence-electron chi connectivity index (χ3n) is 5.61. The van der Waals surface area contributed by atoms with E-state index in [4.69, 9.17) is 0 Å². The van der Waals surface area contributed by atoms with Crippen LogP contribution in [0.5, 0.6) is 0 Å². The lowest BCUT2D eigenvalue weighted by atomic mass is 10.1. The highest BCUT2D eigenvalue weighted by Gasteiger charge is 2.30. The van der Waals surface area contributed by atoms with Crippen LogP contribution in [0.1, 0.15) is 42.5 Å². The lowest BCUT2D eigenvalue weighted by molar-refractivity contribution is -0.139. The van der Waals surface area contributed by atoms with Crippen LogP contribution in [0.15, 0.2) is 42.5 Å². The van der Waals surface area contributed by atoms with E-state index in [1.54, 1.807) is 19.1 Å². The van der Waals surface area contributed by atoms with Crippen molar-refractivity contribution >= 4 is 27.5 Å². The van der Waals surface area contributed by atoms with E-state index in [1.165, 1.54) is 4.90 Å². The maximum absolute atomic E-state index is 13.5. The minimum absolute atomic E-state index is 0.200. The lowest BCUT2D eigenvalue weighted by Crippen LogP contribution is -2.51. The molecule has 0 aromatic heterocycles. The Morgan fingerprint density at radius 1 is 1.03 bits per heavy atom. The van der Waals surface area contributed by atoms with Gasteiger partial charge in [-0.2, -0.15) is 0 Å². The van der Waals surface area contributed by atoms with Gasteiger partial charge >= 0.3 is 0 Å². The van der Waals surface area contributed by atoms with Gasteiger partial charge in [0.2, 0.25) is 21.8 Å². The number of rotatable bonds is 10. The molecule has 7 nitrogen and oxygen atoms in total. The first-order valence-electron chi connectivity index (χ1n) is 11.1. The Labute approximate surface area is 197 Å². The highest BCUT2D eigenvalue weighted by molar-refractivity contribution is 7.92. The molecular formula is C25H35N3O4S. The molecule has 2 aromatic carbocycles. The van der Waals surface area contributed by atoms with Gasteiger partial charge in [-0.15, -0.1) is 0 Å². The van der Waals surface area contributed by atoms with E-state index in [0.717, 1.165) is 39.2 Å². The molecule has 0 radical (unpaired) electrons. The van der Waals surface area contributed by atoms with Gasteiger partial charge in [0.05, 0.1) is 11.9 Å². The zero-order chi connectivity index (χ0) is 24.8. The zero-order valence-corrected chi connectivity index (χ0v) is 21.2. The van der Waals surface area contributed by atoms with E-state index in [1.807, 2.05) is 58.0 Å². The molecule has 0 spiro atoms. The van der Waals surface area contributed by atoms with Crippen molar-refractivity contribution in [3.63, 3.8) is 0 Å². The van der Waals surface area contributed by atoms with Gasteiger partial charge in [0.25, 0.3) is 0 Å².